The first kappa shape index (κ1) is 62.3. The Labute approximate surface area is 394 Å². The monoisotopic (exact) mass is 954 g/mol. The van der Waals surface area contributed by atoms with Crippen LogP contribution in [0.1, 0.15) is 245 Å². The van der Waals surface area contributed by atoms with Crippen LogP contribution in [0.4, 0.5) is 0 Å². The van der Waals surface area contributed by atoms with E-state index in [0.29, 0.717) is 12.8 Å². The highest BCUT2D eigenvalue weighted by atomic mass is 31.2. The molecule has 1 fully saturated rings. The van der Waals surface area contributed by atoms with Crippen LogP contribution in [0.5, 0.6) is 0 Å². The summed E-state index contributed by atoms with van der Waals surface area (Å²) in [5, 5.41) is 85.6. The quantitative estimate of drug-likeness (QED) is 0.0203. The van der Waals surface area contributed by atoms with Gasteiger partial charge in [0.05, 0.1) is 18.8 Å². The summed E-state index contributed by atoms with van der Waals surface area (Å²) in [5.74, 6) is -0.856. The standard InChI is InChI=1S/C50H100NO13P/c1-3-5-7-9-11-13-15-17-18-19-20-21-22-23-24-25-26-28-30-32-34-36-38-42(53)50(60)51-40(39-63-65(61,62)64-49-47(58)45(56)44(55)46(57)48(49)59)43(54)41(52)37-35-33-31-29-27-16-14-12-10-8-6-4-2/h40-49,52-59H,3-39H2,1-2H3,(H,51,60)(H,61,62)/t40-,41+,42?,43-,44?,45+,46?,47?,48?,49?/m0/s1. The molecule has 1 aliphatic rings. The summed E-state index contributed by atoms with van der Waals surface area (Å²) in [6, 6.07) is -1.47. The average molecular weight is 954 g/mol. The Morgan fingerprint density at radius 2 is 0.769 bits per heavy atom. The summed E-state index contributed by atoms with van der Waals surface area (Å²) in [5.41, 5.74) is 0. The summed E-state index contributed by atoms with van der Waals surface area (Å²) in [6.45, 7) is 3.60. The minimum atomic E-state index is -5.23. The molecule has 0 bridgehead atoms. The molecule has 14 nitrogen and oxygen atoms in total. The third kappa shape index (κ3) is 30.5. The van der Waals surface area contributed by atoms with Crippen molar-refractivity contribution in [1.29, 1.82) is 0 Å². The van der Waals surface area contributed by atoms with E-state index in [0.717, 1.165) is 51.4 Å². The van der Waals surface area contributed by atoms with Crippen LogP contribution in [-0.2, 0) is 18.4 Å². The van der Waals surface area contributed by atoms with Gasteiger partial charge in [0, 0.05) is 0 Å². The summed E-state index contributed by atoms with van der Waals surface area (Å²) in [4.78, 5) is 23.6. The fraction of sp³-hybridized carbons (Fsp3) is 0.980. The predicted octanol–water partition coefficient (Wildman–Crippen LogP) is 8.96. The smallest absolute Gasteiger partial charge is 0.390 e. The Morgan fingerprint density at radius 3 is 1.11 bits per heavy atom. The Balaban J connectivity index is 2.44. The molecule has 0 spiro atoms. The molecule has 1 amide bonds. The molecule has 0 aromatic heterocycles. The average Bonchev–Trinajstić information content (AvgIpc) is 3.29. The fourth-order valence-corrected chi connectivity index (χ4v) is 9.86. The van der Waals surface area contributed by atoms with Crippen LogP contribution in [-0.4, -0.2) is 119 Å². The van der Waals surface area contributed by atoms with E-state index in [4.69, 9.17) is 9.05 Å². The first-order valence-corrected chi connectivity index (χ1v) is 28.2. The molecule has 0 heterocycles. The van der Waals surface area contributed by atoms with Gasteiger partial charge in [-0.25, -0.2) is 4.57 Å². The molecule has 1 aliphatic carbocycles. The molecule has 388 valence electrons. The maximum atomic E-state index is 13.1. The molecule has 0 aromatic carbocycles. The van der Waals surface area contributed by atoms with Crippen LogP contribution >= 0.6 is 7.82 Å². The lowest BCUT2D eigenvalue weighted by Gasteiger charge is -2.41. The third-order valence-electron chi connectivity index (χ3n) is 13.4. The van der Waals surface area contributed by atoms with Gasteiger partial charge < -0.3 is 51.1 Å². The number of aliphatic hydroxyl groups excluding tert-OH is 8. The first-order chi connectivity index (χ1) is 31.3. The minimum Gasteiger partial charge on any atom is -0.390 e. The Hall–Kier alpha value is -0.740. The molecule has 1 saturated carbocycles. The summed E-state index contributed by atoms with van der Waals surface area (Å²) >= 11 is 0. The van der Waals surface area contributed by atoms with E-state index >= 15 is 0 Å². The van der Waals surface area contributed by atoms with E-state index in [-0.39, 0.29) is 12.8 Å². The van der Waals surface area contributed by atoms with Crippen molar-refractivity contribution in [2.75, 3.05) is 6.61 Å². The normalized spacial score (nSPS) is 22.9. The zero-order valence-corrected chi connectivity index (χ0v) is 41.9. The lowest BCUT2D eigenvalue weighted by Crippen LogP contribution is -2.64. The minimum absolute atomic E-state index is 0.158. The largest absolute Gasteiger partial charge is 0.472 e. The Morgan fingerprint density at radius 1 is 0.477 bits per heavy atom. The van der Waals surface area contributed by atoms with Crippen molar-refractivity contribution < 1.29 is 64.2 Å². The molecule has 0 radical (unpaired) electrons. The second-order valence-corrected chi connectivity index (χ2v) is 20.8. The van der Waals surface area contributed by atoms with Crippen molar-refractivity contribution in [1.82, 2.24) is 5.32 Å². The van der Waals surface area contributed by atoms with Crippen molar-refractivity contribution in [2.45, 2.75) is 306 Å². The summed E-state index contributed by atoms with van der Waals surface area (Å²) in [7, 11) is -5.23. The zero-order valence-electron chi connectivity index (χ0n) is 41.0. The highest BCUT2D eigenvalue weighted by Gasteiger charge is 2.51. The topological polar surface area (TPSA) is 247 Å². The van der Waals surface area contributed by atoms with Gasteiger partial charge in [-0.05, 0) is 12.8 Å². The van der Waals surface area contributed by atoms with E-state index in [1.165, 1.54) is 154 Å². The number of phosphoric acid groups is 1. The number of unbranched alkanes of at least 4 members (excludes halogenated alkanes) is 32. The number of amides is 1. The number of carbonyl (C=O) groups excluding carboxylic acids is 1. The molecule has 0 aliphatic heterocycles. The van der Waals surface area contributed by atoms with Gasteiger partial charge in [0.25, 0.3) is 0 Å². The number of nitrogens with one attached hydrogen (secondary N) is 1. The van der Waals surface area contributed by atoms with Gasteiger partial charge >= 0.3 is 7.82 Å². The van der Waals surface area contributed by atoms with Crippen molar-refractivity contribution in [3.05, 3.63) is 0 Å². The maximum absolute atomic E-state index is 13.1. The molecule has 10 N–H and O–H groups in total. The number of aliphatic hydroxyl groups is 8. The highest BCUT2D eigenvalue weighted by molar-refractivity contribution is 7.47. The summed E-state index contributed by atoms with van der Waals surface area (Å²) < 4.78 is 22.9. The van der Waals surface area contributed by atoms with Gasteiger partial charge in [-0.15, -0.1) is 0 Å². The predicted molar refractivity (Wildman–Crippen MR) is 258 cm³/mol. The second kappa shape index (κ2) is 40.0. The summed E-state index contributed by atoms with van der Waals surface area (Å²) in [6.07, 6.45) is 24.7. The number of hydrogen-bond donors (Lipinski definition) is 10. The van der Waals surface area contributed by atoms with E-state index in [1.54, 1.807) is 0 Å². The third-order valence-corrected chi connectivity index (χ3v) is 14.4. The number of phosphoric ester groups is 1. The van der Waals surface area contributed by atoms with Gasteiger partial charge in [0.2, 0.25) is 5.91 Å². The van der Waals surface area contributed by atoms with Crippen molar-refractivity contribution in [2.24, 2.45) is 0 Å². The van der Waals surface area contributed by atoms with Crippen molar-refractivity contribution >= 4 is 13.7 Å². The van der Waals surface area contributed by atoms with E-state index < -0.39 is 81.3 Å². The van der Waals surface area contributed by atoms with E-state index in [2.05, 4.69) is 19.2 Å². The van der Waals surface area contributed by atoms with Gasteiger partial charge in [-0.3, -0.25) is 13.8 Å². The SMILES string of the molecule is CCCCCCCCCCCCCCCCCCCCCCCCC(O)C(=O)N[C@@H](COP(=O)(O)OC1C(O)C(O)C(O)[C@@H](O)C1O)[C@H](O)[C@H](O)CCCCCCCCCCCCCC. The molecule has 65 heavy (non-hydrogen) atoms. The lowest BCUT2D eigenvalue weighted by atomic mass is 9.85. The molecular weight excluding hydrogens is 854 g/mol. The molecule has 11 atom stereocenters. The second-order valence-electron chi connectivity index (χ2n) is 19.4. The van der Waals surface area contributed by atoms with Gasteiger partial charge in [0.15, 0.2) is 0 Å². The fourth-order valence-electron chi connectivity index (χ4n) is 8.90. The first-order valence-electron chi connectivity index (χ1n) is 26.7. The van der Waals surface area contributed by atoms with Gasteiger partial charge in [0.1, 0.15) is 48.8 Å². The Bertz CT molecular complexity index is 1140. The number of hydrogen-bond acceptors (Lipinski definition) is 12. The Kier molecular flexibility index (Phi) is 38.4. The van der Waals surface area contributed by atoms with Crippen LogP contribution in [0.25, 0.3) is 0 Å². The molecule has 0 saturated heterocycles. The van der Waals surface area contributed by atoms with Crippen LogP contribution < -0.4 is 5.32 Å². The van der Waals surface area contributed by atoms with Crippen molar-refractivity contribution in [3.8, 4) is 0 Å². The molecular formula is C50H100NO13P. The van der Waals surface area contributed by atoms with E-state index in [1.807, 2.05) is 0 Å². The molecule has 7 unspecified atom stereocenters. The zero-order chi connectivity index (χ0) is 48.1. The van der Waals surface area contributed by atoms with Crippen molar-refractivity contribution in [3.63, 3.8) is 0 Å². The van der Waals surface area contributed by atoms with Gasteiger partial charge in [-0.2, -0.15) is 0 Å². The van der Waals surface area contributed by atoms with Crippen LogP contribution in [0, 0.1) is 0 Å². The number of rotatable bonds is 45. The number of carbonyl (C=O) groups is 1. The molecule has 1 rings (SSSR count). The van der Waals surface area contributed by atoms with Gasteiger partial charge in [-0.1, -0.05) is 232 Å². The molecule has 15 heteroatoms. The van der Waals surface area contributed by atoms with Crippen LogP contribution in [0.3, 0.4) is 0 Å². The van der Waals surface area contributed by atoms with Crippen LogP contribution in [0.2, 0.25) is 0 Å². The van der Waals surface area contributed by atoms with Crippen LogP contribution in [0.15, 0.2) is 0 Å². The molecule has 0 aromatic rings. The van der Waals surface area contributed by atoms with E-state index in [9.17, 15) is 55.1 Å². The maximum Gasteiger partial charge on any atom is 0.472 e. The lowest BCUT2D eigenvalue weighted by molar-refractivity contribution is -0.220. The highest BCUT2D eigenvalue weighted by Crippen LogP contribution is 2.47.